The number of carbonyl (C=O) groups excluding carboxylic acids is 1. The van der Waals surface area contributed by atoms with Gasteiger partial charge in [0, 0.05) is 24.7 Å². The van der Waals surface area contributed by atoms with Crippen molar-refractivity contribution >= 4 is 16.9 Å². The lowest BCUT2D eigenvalue weighted by Crippen LogP contribution is -2.40. The molecule has 0 spiro atoms. The largest absolute Gasteiger partial charge is 0.493 e. The van der Waals surface area contributed by atoms with Gasteiger partial charge in [0.2, 0.25) is 5.75 Å². The Morgan fingerprint density at radius 2 is 1.90 bits per heavy atom. The molecular formula is C22H23N3O5. The van der Waals surface area contributed by atoms with Crippen LogP contribution in [-0.4, -0.2) is 53.8 Å². The van der Waals surface area contributed by atoms with Gasteiger partial charge < -0.3 is 24.1 Å². The third kappa shape index (κ3) is 3.08. The summed E-state index contributed by atoms with van der Waals surface area (Å²) in [6, 6.07) is 11.2. The highest BCUT2D eigenvalue weighted by atomic mass is 16.6. The van der Waals surface area contributed by atoms with Crippen LogP contribution in [0.15, 0.2) is 41.2 Å². The molecule has 0 atom stereocenters. The van der Waals surface area contributed by atoms with Gasteiger partial charge in [-0.25, -0.2) is 4.79 Å². The summed E-state index contributed by atoms with van der Waals surface area (Å²) in [7, 11) is 1.55. The van der Waals surface area contributed by atoms with Crippen molar-refractivity contribution in [2.24, 2.45) is 0 Å². The summed E-state index contributed by atoms with van der Waals surface area (Å²) in [6.45, 7) is 2.05. The summed E-state index contributed by atoms with van der Waals surface area (Å²) >= 11 is 0. The van der Waals surface area contributed by atoms with E-state index in [4.69, 9.17) is 14.2 Å². The Morgan fingerprint density at radius 3 is 2.70 bits per heavy atom. The smallest absolute Gasteiger partial charge is 0.326 e. The number of nitrogens with zero attached hydrogens (tertiary/aromatic N) is 2. The number of benzene rings is 2. The van der Waals surface area contributed by atoms with E-state index in [0.29, 0.717) is 49.1 Å². The summed E-state index contributed by atoms with van der Waals surface area (Å²) in [5.41, 5.74) is 2.16. The highest BCUT2D eigenvalue weighted by Gasteiger charge is 2.28. The van der Waals surface area contributed by atoms with Crippen LogP contribution in [0.2, 0.25) is 0 Å². The Morgan fingerprint density at radius 1 is 1.13 bits per heavy atom. The molecule has 8 nitrogen and oxygen atoms in total. The number of nitrogens with one attached hydrogen (secondary N) is 1. The van der Waals surface area contributed by atoms with Crippen LogP contribution >= 0.6 is 0 Å². The number of H-pyrrole nitrogens is 1. The maximum Gasteiger partial charge on any atom is 0.326 e. The number of rotatable bonds is 3. The first kappa shape index (κ1) is 18.6. The van der Waals surface area contributed by atoms with Crippen molar-refractivity contribution in [3.63, 3.8) is 0 Å². The second-order valence-electron chi connectivity index (χ2n) is 7.54. The number of methoxy groups -OCH3 is 1. The number of likely N-dealkylation sites (tertiary alicyclic amines) is 1. The number of aromatic nitrogens is 2. The van der Waals surface area contributed by atoms with Crippen molar-refractivity contribution in [3.05, 3.63) is 52.4 Å². The Labute approximate surface area is 173 Å². The Kier molecular flexibility index (Phi) is 4.61. The van der Waals surface area contributed by atoms with Gasteiger partial charge in [0.25, 0.3) is 5.91 Å². The van der Waals surface area contributed by atoms with E-state index in [1.165, 1.54) is 0 Å². The number of ether oxygens (including phenoxy) is 3. The number of piperidine rings is 1. The van der Waals surface area contributed by atoms with Gasteiger partial charge in [-0.1, -0.05) is 12.1 Å². The predicted octanol–water partition coefficient (Wildman–Crippen LogP) is 2.59. The lowest BCUT2D eigenvalue weighted by Gasteiger charge is -2.33. The topological polar surface area (TPSA) is 85.8 Å². The fourth-order valence-electron chi connectivity index (χ4n) is 4.34. The number of hydrogen-bond donors (Lipinski definition) is 1. The minimum absolute atomic E-state index is 0.0625. The molecule has 2 aliphatic rings. The molecule has 0 radical (unpaired) electrons. The van der Waals surface area contributed by atoms with Gasteiger partial charge in [-0.15, -0.1) is 0 Å². The van der Waals surface area contributed by atoms with Crippen LogP contribution in [0.3, 0.4) is 0 Å². The number of carbonyl (C=O) groups is 1. The molecule has 1 aromatic heterocycles. The van der Waals surface area contributed by atoms with Crippen LogP contribution in [0.25, 0.3) is 11.0 Å². The molecule has 1 N–H and O–H groups in total. The normalized spacial score (nSPS) is 16.6. The zero-order valence-electron chi connectivity index (χ0n) is 16.7. The highest BCUT2D eigenvalue weighted by Crippen LogP contribution is 2.40. The first-order chi connectivity index (χ1) is 14.7. The van der Waals surface area contributed by atoms with Gasteiger partial charge in [-0.2, -0.15) is 0 Å². The molecule has 0 unspecified atom stereocenters. The van der Waals surface area contributed by atoms with Gasteiger partial charge in [0.15, 0.2) is 11.5 Å². The van der Waals surface area contributed by atoms with Crippen molar-refractivity contribution in [2.75, 3.05) is 33.4 Å². The molecule has 1 saturated heterocycles. The number of hydrogen-bond acceptors (Lipinski definition) is 5. The van der Waals surface area contributed by atoms with E-state index < -0.39 is 0 Å². The first-order valence-electron chi connectivity index (χ1n) is 10.1. The van der Waals surface area contributed by atoms with E-state index in [1.54, 1.807) is 19.2 Å². The monoisotopic (exact) mass is 409 g/mol. The second kappa shape index (κ2) is 7.44. The van der Waals surface area contributed by atoms with E-state index in [1.807, 2.05) is 33.7 Å². The SMILES string of the molecule is COc1cc(C(=O)N2CCC(n3c(=O)[nH]c4ccccc43)CC2)cc2c1OCCO2. The average Bonchev–Trinajstić information content (AvgIpc) is 3.13. The van der Waals surface area contributed by atoms with Crippen molar-refractivity contribution in [2.45, 2.75) is 18.9 Å². The number of fused-ring (bicyclic) bond motifs is 2. The third-order valence-electron chi connectivity index (χ3n) is 5.82. The zero-order valence-corrected chi connectivity index (χ0v) is 16.7. The predicted molar refractivity (Wildman–Crippen MR) is 111 cm³/mol. The number of imidazole rings is 1. The third-order valence-corrected chi connectivity index (χ3v) is 5.82. The fraction of sp³-hybridized carbons (Fsp3) is 0.364. The molecule has 5 rings (SSSR count). The highest BCUT2D eigenvalue weighted by molar-refractivity contribution is 5.95. The molecule has 8 heteroatoms. The first-order valence-corrected chi connectivity index (χ1v) is 10.1. The van der Waals surface area contributed by atoms with Crippen molar-refractivity contribution in [3.8, 4) is 17.2 Å². The van der Waals surface area contributed by atoms with Crippen LogP contribution < -0.4 is 19.9 Å². The van der Waals surface area contributed by atoms with Crippen LogP contribution in [0.1, 0.15) is 29.2 Å². The van der Waals surface area contributed by atoms with E-state index in [0.717, 1.165) is 23.9 Å². The summed E-state index contributed by atoms with van der Waals surface area (Å²) in [4.78, 5) is 30.3. The average molecular weight is 409 g/mol. The standard InChI is InChI=1S/C22H23N3O5/c1-28-18-12-14(13-19-20(18)30-11-10-29-19)21(26)24-8-6-15(7-9-24)25-17-5-3-2-4-16(17)23-22(25)27/h2-5,12-13,15H,6-11H2,1H3,(H,23,27). The van der Waals surface area contributed by atoms with E-state index in [2.05, 4.69) is 4.98 Å². The molecule has 0 bridgehead atoms. The Bertz CT molecular complexity index is 1140. The molecule has 3 aromatic rings. The quantitative estimate of drug-likeness (QED) is 0.719. The number of aromatic amines is 1. The molecule has 1 fully saturated rings. The van der Waals surface area contributed by atoms with E-state index in [-0.39, 0.29) is 17.6 Å². The van der Waals surface area contributed by atoms with Gasteiger partial charge in [-0.05, 0) is 37.1 Å². The van der Waals surface area contributed by atoms with Gasteiger partial charge >= 0.3 is 5.69 Å². The molecule has 2 aromatic carbocycles. The number of amides is 1. The van der Waals surface area contributed by atoms with E-state index >= 15 is 0 Å². The van der Waals surface area contributed by atoms with Crippen molar-refractivity contribution in [1.82, 2.24) is 14.5 Å². The maximum absolute atomic E-state index is 13.1. The molecule has 156 valence electrons. The fourth-order valence-corrected chi connectivity index (χ4v) is 4.34. The van der Waals surface area contributed by atoms with Crippen LogP contribution in [-0.2, 0) is 0 Å². The minimum Gasteiger partial charge on any atom is -0.493 e. The lowest BCUT2D eigenvalue weighted by molar-refractivity contribution is 0.0693. The summed E-state index contributed by atoms with van der Waals surface area (Å²) in [5, 5.41) is 0. The maximum atomic E-state index is 13.1. The summed E-state index contributed by atoms with van der Waals surface area (Å²) in [5.74, 6) is 1.49. The van der Waals surface area contributed by atoms with Crippen molar-refractivity contribution < 1.29 is 19.0 Å². The van der Waals surface area contributed by atoms with Gasteiger partial charge in [-0.3, -0.25) is 9.36 Å². The Hall–Kier alpha value is -3.42. The van der Waals surface area contributed by atoms with E-state index in [9.17, 15) is 9.59 Å². The van der Waals surface area contributed by atoms with Gasteiger partial charge in [0.05, 0.1) is 18.1 Å². The molecule has 30 heavy (non-hydrogen) atoms. The van der Waals surface area contributed by atoms with Crippen LogP contribution in [0.4, 0.5) is 0 Å². The van der Waals surface area contributed by atoms with Crippen molar-refractivity contribution in [1.29, 1.82) is 0 Å². The van der Waals surface area contributed by atoms with Crippen LogP contribution in [0, 0.1) is 0 Å². The Balaban J connectivity index is 1.35. The number of para-hydroxylation sites is 2. The molecule has 1 amide bonds. The lowest BCUT2D eigenvalue weighted by atomic mass is 10.0. The molecule has 0 saturated carbocycles. The summed E-state index contributed by atoms with van der Waals surface area (Å²) in [6.07, 6.45) is 1.43. The zero-order chi connectivity index (χ0) is 20.7. The minimum atomic E-state index is -0.0995. The molecule has 2 aliphatic heterocycles. The molecule has 0 aliphatic carbocycles. The second-order valence-corrected chi connectivity index (χ2v) is 7.54. The molecular weight excluding hydrogens is 386 g/mol. The molecule has 3 heterocycles. The van der Waals surface area contributed by atoms with Crippen LogP contribution in [0.5, 0.6) is 17.2 Å². The summed E-state index contributed by atoms with van der Waals surface area (Å²) < 4.78 is 18.5. The van der Waals surface area contributed by atoms with Gasteiger partial charge in [0.1, 0.15) is 13.2 Å².